The van der Waals surface area contributed by atoms with Crippen molar-refractivity contribution in [2.24, 2.45) is 0 Å². The third-order valence-electron chi connectivity index (χ3n) is 3.86. The molecule has 3 rings (SSSR count). The van der Waals surface area contributed by atoms with Gasteiger partial charge in [-0.25, -0.2) is 0 Å². The van der Waals surface area contributed by atoms with E-state index >= 15 is 0 Å². The monoisotopic (exact) mass is 306 g/mol. The number of morpholine rings is 1. The van der Waals surface area contributed by atoms with Crippen LogP contribution in [-0.2, 0) is 4.74 Å². The summed E-state index contributed by atoms with van der Waals surface area (Å²) in [5.74, 6) is -0.0392. The fourth-order valence-electron chi connectivity index (χ4n) is 2.55. The van der Waals surface area contributed by atoms with Crippen LogP contribution in [0.15, 0.2) is 0 Å². The van der Waals surface area contributed by atoms with Crippen molar-refractivity contribution in [2.75, 3.05) is 25.4 Å². The van der Waals surface area contributed by atoms with Gasteiger partial charge in [0, 0.05) is 18.5 Å². The van der Waals surface area contributed by atoms with Crippen molar-refractivity contribution in [1.29, 1.82) is 0 Å². The molecule has 1 atom stereocenters. The largest absolute Gasteiger partial charge is 0.397 e. The molecule has 112 valence electrons. The number of aryl methyl sites for hydroxylation is 2. The number of carbonyl (C=O) groups excluding carboxylic acids is 1. The molecule has 0 aliphatic carbocycles. The average molecular weight is 306 g/mol. The first-order valence-corrected chi connectivity index (χ1v) is 7.73. The molecule has 6 nitrogen and oxygen atoms in total. The first-order valence-electron chi connectivity index (χ1n) is 6.91. The molecule has 2 aromatic heterocycles. The van der Waals surface area contributed by atoms with Gasteiger partial charge in [-0.3, -0.25) is 4.79 Å². The van der Waals surface area contributed by atoms with Crippen molar-refractivity contribution in [3.05, 3.63) is 16.1 Å². The fourth-order valence-corrected chi connectivity index (χ4v) is 3.61. The van der Waals surface area contributed by atoms with Gasteiger partial charge < -0.3 is 15.4 Å². The van der Waals surface area contributed by atoms with Crippen molar-refractivity contribution in [3.8, 4) is 0 Å². The molecule has 3 heterocycles. The summed E-state index contributed by atoms with van der Waals surface area (Å²) in [6.45, 7) is 7.57. The lowest BCUT2D eigenvalue weighted by Gasteiger charge is -2.30. The summed E-state index contributed by atoms with van der Waals surface area (Å²) in [7, 11) is 0. The Bertz CT molecular complexity index is 713. The van der Waals surface area contributed by atoms with Crippen LogP contribution in [0.25, 0.3) is 10.2 Å². The minimum atomic E-state index is -0.0392. The Morgan fingerprint density at radius 2 is 2.19 bits per heavy atom. The van der Waals surface area contributed by atoms with Gasteiger partial charge in [-0.15, -0.1) is 16.4 Å². The first-order chi connectivity index (χ1) is 9.99. The van der Waals surface area contributed by atoms with Crippen molar-refractivity contribution in [3.63, 3.8) is 0 Å². The van der Waals surface area contributed by atoms with E-state index in [-0.39, 0.29) is 12.0 Å². The molecule has 1 aliphatic rings. The Labute approximate surface area is 126 Å². The molecule has 21 heavy (non-hydrogen) atoms. The Balaban J connectivity index is 2.02. The van der Waals surface area contributed by atoms with Gasteiger partial charge in [0.05, 0.1) is 24.1 Å². The minimum Gasteiger partial charge on any atom is -0.397 e. The number of ether oxygens (including phenoxy) is 1. The predicted molar refractivity (Wildman–Crippen MR) is 82.6 cm³/mol. The molecule has 1 fully saturated rings. The number of hydrogen-bond donors (Lipinski definition) is 1. The zero-order valence-electron chi connectivity index (χ0n) is 12.3. The molecule has 2 aromatic rings. The van der Waals surface area contributed by atoms with E-state index in [1.165, 1.54) is 11.3 Å². The number of hydrogen-bond acceptors (Lipinski definition) is 6. The molecule has 0 spiro atoms. The second-order valence-electron chi connectivity index (χ2n) is 5.37. The summed E-state index contributed by atoms with van der Waals surface area (Å²) in [4.78, 5) is 15.8. The maximum atomic E-state index is 12.7. The number of nitrogen functional groups attached to an aromatic ring is 1. The summed E-state index contributed by atoms with van der Waals surface area (Å²) in [5.41, 5.74) is 8.57. The number of carbonyl (C=O) groups is 1. The van der Waals surface area contributed by atoms with E-state index in [1.54, 1.807) is 4.90 Å². The molecule has 0 aromatic carbocycles. The van der Waals surface area contributed by atoms with Gasteiger partial charge in [-0.2, -0.15) is 5.10 Å². The summed E-state index contributed by atoms with van der Waals surface area (Å²) in [6, 6.07) is 0. The Morgan fingerprint density at radius 3 is 2.90 bits per heavy atom. The van der Waals surface area contributed by atoms with Crippen LogP contribution in [0, 0.1) is 13.8 Å². The summed E-state index contributed by atoms with van der Waals surface area (Å²) < 4.78 is 5.47. The molecule has 1 saturated heterocycles. The van der Waals surface area contributed by atoms with E-state index in [1.807, 2.05) is 20.8 Å². The van der Waals surface area contributed by atoms with Gasteiger partial charge in [-0.1, -0.05) is 0 Å². The van der Waals surface area contributed by atoms with Gasteiger partial charge >= 0.3 is 0 Å². The second-order valence-corrected chi connectivity index (χ2v) is 6.37. The summed E-state index contributed by atoms with van der Waals surface area (Å²) in [5, 5.41) is 9.12. The molecule has 0 bridgehead atoms. The topological polar surface area (TPSA) is 81.3 Å². The van der Waals surface area contributed by atoms with E-state index in [2.05, 4.69) is 10.2 Å². The number of nitrogens with two attached hydrogens (primary N) is 1. The lowest BCUT2D eigenvalue weighted by Crippen LogP contribution is -2.44. The lowest BCUT2D eigenvalue weighted by atomic mass is 10.1. The molecule has 1 amide bonds. The molecule has 7 heteroatoms. The third kappa shape index (κ3) is 2.36. The summed E-state index contributed by atoms with van der Waals surface area (Å²) >= 11 is 1.32. The fraction of sp³-hybridized carbons (Fsp3) is 0.500. The van der Waals surface area contributed by atoms with Crippen molar-refractivity contribution < 1.29 is 9.53 Å². The number of nitrogens with zero attached hydrogens (tertiary/aromatic N) is 3. The van der Waals surface area contributed by atoms with Crippen LogP contribution in [-0.4, -0.2) is 46.8 Å². The number of aromatic nitrogens is 2. The Morgan fingerprint density at radius 1 is 1.43 bits per heavy atom. The van der Waals surface area contributed by atoms with E-state index in [0.29, 0.717) is 30.3 Å². The Hall–Kier alpha value is -1.73. The second kappa shape index (κ2) is 5.23. The van der Waals surface area contributed by atoms with Crippen LogP contribution in [0.3, 0.4) is 0 Å². The normalized spacial score (nSPS) is 19.2. The van der Waals surface area contributed by atoms with Crippen LogP contribution in [0.1, 0.15) is 27.9 Å². The number of fused-ring (bicyclic) bond motifs is 1. The van der Waals surface area contributed by atoms with Gasteiger partial charge in [0.25, 0.3) is 5.91 Å². The smallest absolute Gasteiger partial charge is 0.266 e. The molecule has 0 radical (unpaired) electrons. The molecule has 2 N–H and O–H groups in total. The molecule has 1 aliphatic heterocycles. The van der Waals surface area contributed by atoms with Gasteiger partial charge in [0.1, 0.15) is 9.71 Å². The number of anilines is 1. The predicted octanol–water partition coefficient (Wildman–Crippen LogP) is 1.75. The maximum Gasteiger partial charge on any atom is 0.266 e. The zero-order chi connectivity index (χ0) is 15.1. The molecular formula is C14H18N4O2S. The Kier molecular flexibility index (Phi) is 3.54. The number of amides is 1. The first kappa shape index (κ1) is 14.2. The highest BCUT2D eigenvalue weighted by atomic mass is 32.1. The van der Waals surface area contributed by atoms with Crippen molar-refractivity contribution in [1.82, 2.24) is 15.1 Å². The van der Waals surface area contributed by atoms with Crippen LogP contribution < -0.4 is 5.73 Å². The zero-order valence-corrected chi connectivity index (χ0v) is 13.2. The molecule has 1 unspecified atom stereocenters. The van der Waals surface area contributed by atoms with E-state index in [4.69, 9.17) is 10.5 Å². The highest BCUT2D eigenvalue weighted by Crippen LogP contribution is 2.35. The maximum absolute atomic E-state index is 12.7. The van der Waals surface area contributed by atoms with Crippen molar-refractivity contribution in [2.45, 2.75) is 26.9 Å². The van der Waals surface area contributed by atoms with Crippen LogP contribution in [0.5, 0.6) is 0 Å². The van der Waals surface area contributed by atoms with E-state index < -0.39 is 0 Å². The van der Waals surface area contributed by atoms with Crippen LogP contribution in [0.2, 0.25) is 0 Å². The van der Waals surface area contributed by atoms with Gasteiger partial charge in [0.15, 0.2) is 0 Å². The number of rotatable bonds is 1. The van der Waals surface area contributed by atoms with Crippen molar-refractivity contribution >= 4 is 33.1 Å². The number of thiophene rings is 1. The standard InChI is InChI=1S/C14H18N4O2S/c1-7-6-18(4-5-20-7)14(19)12-11(15)10-8(2)9(3)16-17-13(10)21-12/h7H,4-6,15H2,1-3H3. The highest BCUT2D eigenvalue weighted by molar-refractivity contribution is 7.21. The molecule has 0 saturated carbocycles. The van der Waals surface area contributed by atoms with Gasteiger partial charge in [-0.05, 0) is 26.3 Å². The van der Waals surface area contributed by atoms with E-state index in [0.717, 1.165) is 21.5 Å². The molecular weight excluding hydrogens is 288 g/mol. The third-order valence-corrected chi connectivity index (χ3v) is 4.94. The highest BCUT2D eigenvalue weighted by Gasteiger charge is 2.27. The van der Waals surface area contributed by atoms with Gasteiger partial charge in [0.2, 0.25) is 0 Å². The summed E-state index contributed by atoms with van der Waals surface area (Å²) in [6.07, 6.45) is 0.0575. The lowest BCUT2D eigenvalue weighted by molar-refractivity contribution is -0.0122. The minimum absolute atomic E-state index is 0.0392. The quantitative estimate of drug-likeness (QED) is 0.868. The average Bonchev–Trinajstić information content (AvgIpc) is 2.80. The van der Waals surface area contributed by atoms with Crippen LogP contribution in [0.4, 0.5) is 5.69 Å². The van der Waals surface area contributed by atoms with E-state index in [9.17, 15) is 4.79 Å². The SMILES string of the molecule is Cc1nnc2sc(C(=O)N3CCOC(C)C3)c(N)c2c1C. The van der Waals surface area contributed by atoms with Crippen LogP contribution >= 0.6 is 11.3 Å².